The number of hydrogen-bond donors (Lipinski definition) is 1. The van der Waals surface area contributed by atoms with Crippen molar-refractivity contribution in [1.82, 2.24) is 4.98 Å². The molecule has 0 saturated carbocycles. The van der Waals surface area contributed by atoms with Crippen molar-refractivity contribution in [2.45, 2.75) is 13.8 Å². The molecule has 1 aromatic heterocycles. The first-order chi connectivity index (χ1) is 3.30. The van der Waals surface area contributed by atoms with Crippen LogP contribution >= 0.6 is 0 Å². The minimum absolute atomic E-state index is 0. The molecule has 2 heteroatoms. The molecule has 0 fully saturated rings. The van der Waals surface area contributed by atoms with Crippen LogP contribution < -0.4 is 58.2 Å². The van der Waals surface area contributed by atoms with Crippen molar-refractivity contribution >= 4 is 0 Å². The van der Waals surface area contributed by atoms with E-state index >= 15 is 0 Å². The van der Waals surface area contributed by atoms with Crippen LogP contribution in [0.5, 0.6) is 0 Å². The molecule has 0 aliphatic heterocycles. The van der Waals surface area contributed by atoms with Gasteiger partial charge in [0.1, 0.15) is 0 Å². The minimum atomic E-state index is 0. The number of nitrogens with one attached hydrogen (secondary N) is 1. The summed E-state index contributed by atoms with van der Waals surface area (Å²) in [4.78, 5) is 3.01. The van der Waals surface area contributed by atoms with E-state index in [4.69, 9.17) is 0 Å². The van der Waals surface area contributed by atoms with Crippen LogP contribution in [0.15, 0.2) is 6.20 Å². The van der Waals surface area contributed by atoms with Gasteiger partial charge in [0.05, 0.1) is 0 Å². The molecule has 0 aliphatic carbocycles. The molecule has 0 unspecified atom stereocenters. The van der Waals surface area contributed by atoms with Gasteiger partial charge in [0.25, 0.3) is 0 Å². The van der Waals surface area contributed by atoms with E-state index in [1.807, 2.05) is 20.0 Å². The molecule has 38 valence electrons. The maximum Gasteiger partial charge on any atom is 1.00 e. The van der Waals surface area contributed by atoms with Gasteiger partial charge in [-0.05, 0) is 0 Å². The monoisotopic (exact) mass is 179 g/mol. The van der Waals surface area contributed by atoms with Crippen molar-refractivity contribution in [2.75, 3.05) is 0 Å². The molecule has 1 nitrogen and oxygen atoms in total. The molecule has 8 heavy (non-hydrogen) atoms. The number of hydrogen-bond acceptors (Lipinski definition) is 0. The predicted octanol–water partition coefficient (Wildman–Crippen LogP) is -1.56. The Morgan fingerprint density at radius 3 is 2.25 bits per heavy atom. The van der Waals surface area contributed by atoms with Gasteiger partial charge >= 0.3 is 58.2 Å². The van der Waals surface area contributed by atoms with Gasteiger partial charge in [-0.2, -0.15) is 0 Å². The van der Waals surface area contributed by atoms with Crippen molar-refractivity contribution in [3.8, 4) is 0 Å². The summed E-state index contributed by atoms with van der Waals surface area (Å²) in [6, 6.07) is 3.01. The van der Waals surface area contributed by atoms with Crippen LogP contribution in [0.2, 0.25) is 0 Å². The zero-order valence-corrected chi connectivity index (χ0v) is 10.5. The fraction of sp³-hybridized carbons (Fsp3) is 0.333. The Morgan fingerprint density at radius 1 is 1.50 bits per heavy atom. The molecule has 1 aromatic rings. The van der Waals surface area contributed by atoms with Crippen LogP contribution in [0.4, 0.5) is 0 Å². The third-order valence-electron chi connectivity index (χ3n) is 1.14. The standard InChI is InChI=1S/C6H8N.Rb/c1-5-3-4-7-6(5)2;/h4,7H,1-2H3;/q-1;+1. The van der Waals surface area contributed by atoms with Crippen molar-refractivity contribution in [2.24, 2.45) is 0 Å². The minimum Gasteiger partial charge on any atom is -0.458 e. The summed E-state index contributed by atoms with van der Waals surface area (Å²) in [7, 11) is 0. The normalized spacial score (nSPS) is 8.25. The second kappa shape index (κ2) is 3.99. The van der Waals surface area contributed by atoms with Crippen LogP contribution in [0.1, 0.15) is 11.3 Å². The smallest absolute Gasteiger partial charge is 0.458 e. The van der Waals surface area contributed by atoms with Crippen LogP contribution in [-0.2, 0) is 0 Å². The summed E-state index contributed by atoms with van der Waals surface area (Å²) in [5.41, 5.74) is 2.42. The van der Waals surface area contributed by atoms with Gasteiger partial charge in [-0.25, -0.2) is 11.6 Å². The summed E-state index contributed by atoms with van der Waals surface area (Å²) >= 11 is 0. The van der Waals surface area contributed by atoms with E-state index in [-0.39, 0.29) is 58.2 Å². The first-order valence-electron chi connectivity index (χ1n) is 2.33. The summed E-state index contributed by atoms with van der Waals surface area (Å²) in [5, 5.41) is 0. The fourth-order valence-electron chi connectivity index (χ4n) is 0.469. The Morgan fingerprint density at radius 2 is 2.12 bits per heavy atom. The Balaban J connectivity index is 0.000000490. The first kappa shape index (κ1) is 9.09. The van der Waals surface area contributed by atoms with Gasteiger partial charge in [0, 0.05) is 0 Å². The molecule has 0 aromatic carbocycles. The molecule has 0 bridgehead atoms. The number of aromatic nitrogens is 1. The molecule has 0 aliphatic rings. The molecule has 0 amide bonds. The largest absolute Gasteiger partial charge is 1.00 e. The summed E-state index contributed by atoms with van der Waals surface area (Å²) < 4.78 is 0. The first-order valence-corrected chi connectivity index (χ1v) is 2.33. The van der Waals surface area contributed by atoms with Gasteiger partial charge in [0.2, 0.25) is 0 Å². The summed E-state index contributed by atoms with van der Waals surface area (Å²) in [6.07, 6.45) is 1.82. The van der Waals surface area contributed by atoms with Crippen LogP contribution in [0, 0.1) is 19.9 Å². The van der Waals surface area contributed by atoms with Gasteiger partial charge in [-0.15, -0.1) is 11.9 Å². The van der Waals surface area contributed by atoms with Crippen LogP contribution in [0.25, 0.3) is 0 Å². The van der Waals surface area contributed by atoms with E-state index in [2.05, 4.69) is 11.1 Å². The summed E-state index contributed by atoms with van der Waals surface area (Å²) in [6.45, 7) is 4.07. The van der Waals surface area contributed by atoms with E-state index in [0.29, 0.717) is 0 Å². The topological polar surface area (TPSA) is 15.8 Å². The average molecular weight is 180 g/mol. The molecule has 0 radical (unpaired) electrons. The second-order valence-electron chi connectivity index (χ2n) is 1.68. The van der Waals surface area contributed by atoms with E-state index in [1.165, 1.54) is 11.3 Å². The maximum atomic E-state index is 3.01. The molecule has 0 atom stereocenters. The van der Waals surface area contributed by atoms with Gasteiger partial charge in [-0.1, -0.05) is 13.8 Å². The molecule has 1 rings (SSSR count). The predicted molar refractivity (Wildman–Crippen MR) is 29.1 cm³/mol. The van der Waals surface area contributed by atoms with Crippen molar-refractivity contribution in [1.29, 1.82) is 0 Å². The van der Waals surface area contributed by atoms with Crippen molar-refractivity contribution < 1.29 is 58.2 Å². The average Bonchev–Trinajstić information content (AvgIpc) is 1.91. The van der Waals surface area contributed by atoms with Gasteiger partial charge in [0.15, 0.2) is 0 Å². The third kappa shape index (κ3) is 2.14. The fourth-order valence-corrected chi connectivity index (χ4v) is 0.469. The number of H-pyrrole nitrogens is 1. The molecular weight excluding hydrogens is 172 g/mol. The molecule has 1 N–H and O–H groups in total. The van der Waals surface area contributed by atoms with Gasteiger partial charge in [-0.3, -0.25) is 0 Å². The maximum absolute atomic E-state index is 3.01. The zero-order valence-electron chi connectivity index (χ0n) is 5.58. The van der Waals surface area contributed by atoms with E-state index in [1.54, 1.807) is 0 Å². The molecule has 0 saturated heterocycles. The Bertz CT molecular complexity index is 141. The van der Waals surface area contributed by atoms with Gasteiger partial charge < -0.3 is 4.98 Å². The Labute approximate surface area is 98.7 Å². The van der Waals surface area contributed by atoms with Crippen molar-refractivity contribution in [3.63, 3.8) is 0 Å². The number of rotatable bonds is 0. The zero-order chi connectivity index (χ0) is 5.28. The van der Waals surface area contributed by atoms with Crippen molar-refractivity contribution in [3.05, 3.63) is 23.5 Å². The number of aromatic amines is 1. The number of aryl methyl sites for hydroxylation is 2. The quantitative estimate of drug-likeness (QED) is 0.464. The van der Waals surface area contributed by atoms with Crippen LogP contribution in [0.3, 0.4) is 0 Å². The second-order valence-corrected chi connectivity index (χ2v) is 1.68. The molecule has 0 spiro atoms. The Hall–Kier alpha value is 1.09. The third-order valence-corrected chi connectivity index (χ3v) is 1.14. The van der Waals surface area contributed by atoms with E-state index in [0.717, 1.165) is 0 Å². The molecular formula is C6H8NRb. The van der Waals surface area contributed by atoms with E-state index in [9.17, 15) is 0 Å². The SMILES string of the molecule is Cc1[c-]c[nH]c1C.[Rb+]. The van der Waals surface area contributed by atoms with Crippen LogP contribution in [-0.4, -0.2) is 4.98 Å². The summed E-state index contributed by atoms with van der Waals surface area (Å²) in [5.74, 6) is 0. The van der Waals surface area contributed by atoms with E-state index < -0.39 is 0 Å². The Kier molecular flexibility index (Phi) is 4.53. The molecule has 1 heterocycles.